The van der Waals surface area contributed by atoms with E-state index in [0.29, 0.717) is 0 Å². The van der Waals surface area contributed by atoms with Crippen molar-refractivity contribution >= 4 is 23.1 Å². The van der Waals surface area contributed by atoms with E-state index in [-0.39, 0.29) is 48.0 Å². The number of hydrogen-bond donors (Lipinski definition) is 1. The summed E-state index contributed by atoms with van der Waals surface area (Å²) in [7, 11) is 0. The largest absolute Gasteiger partial charge is 1.00 e. The summed E-state index contributed by atoms with van der Waals surface area (Å²) in [6.45, 7) is 6.66. The lowest BCUT2D eigenvalue weighted by atomic mass is 10.3. The molecule has 0 amide bonds. The van der Waals surface area contributed by atoms with Gasteiger partial charge in [0, 0.05) is 29.9 Å². The maximum atomic E-state index is 3.59. The van der Waals surface area contributed by atoms with E-state index < -0.39 is 0 Å². The van der Waals surface area contributed by atoms with Gasteiger partial charge in [0.15, 0.2) is 24.8 Å². The van der Waals surface area contributed by atoms with Gasteiger partial charge in [-0.1, -0.05) is 38.5 Å². The number of hydrogen-bond acceptors (Lipinski definition) is 2. The van der Waals surface area contributed by atoms with Gasteiger partial charge in [-0.2, -0.15) is 0 Å². The number of unbranched alkanes of at least 4 members (excludes halogenated alkanes) is 2. The Morgan fingerprint density at radius 2 is 1.46 bits per heavy atom. The van der Waals surface area contributed by atoms with Gasteiger partial charge in [0.05, 0.1) is 10.6 Å². The Hall–Kier alpha value is -0.0900. The third-order valence-electron chi connectivity index (χ3n) is 3.99. The van der Waals surface area contributed by atoms with E-state index in [9.17, 15) is 0 Å². The van der Waals surface area contributed by atoms with E-state index in [4.69, 9.17) is 0 Å². The summed E-state index contributed by atoms with van der Waals surface area (Å²) in [5, 5.41) is 3.59. The molecule has 1 aliphatic heterocycles. The second-order valence-electron chi connectivity index (χ2n) is 5.86. The Labute approximate surface area is 183 Å². The van der Waals surface area contributed by atoms with Gasteiger partial charge in [-0.25, -0.2) is 9.13 Å². The van der Waals surface area contributed by atoms with Crippen LogP contribution in [0.4, 0.5) is 11.4 Å². The number of nitrogens with one attached hydrogen (secondary N) is 1. The number of aryl methyl sites for hydroxylation is 2. The maximum absolute atomic E-state index is 3.59. The predicted octanol–water partition coefficient (Wildman–Crippen LogP) is -1.92. The van der Waals surface area contributed by atoms with Crippen LogP contribution in [0.3, 0.4) is 0 Å². The van der Waals surface area contributed by atoms with Gasteiger partial charge in [0.1, 0.15) is 18.8 Å². The first-order chi connectivity index (χ1) is 10.8. The monoisotopic (exact) mass is 569 g/mol. The molecule has 0 saturated carbocycles. The summed E-state index contributed by atoms with van der Waals surface area (Å²) >= 11 is 1.87. The molecule has 132 valence electrons. The second-order valence-corrected chi connectivity index (χ2v) is 6.94. The highest BCUT2D eigenvalue weighted by Gasteiger charge is 2.21. The highest BCUT2D eigenvalue weighted by Crippen LogP contribution is 2.42. The number of aromatic nitrogens is 2. The van der Waals surface area contributed by atoms with Crippen molar-refractivity contribution in [2.24, 2.45) is 0 Å². The molecule has 2 aromatic heterocycles. The molecule has 6 heteroatoms. The van der Waals surface area contributed by atoms with Crippen molar-refractivity contribution in [3.05, 3.63) is 36.9 Å². The molecule has 0 aromatic carbocycles. The van der Waals surface area contributed by atoms with Crippen LogP contribution in [-0.2, 0) is 13.1 Å². The van der Waals surface area contributed by atoms with Crippen LogP contribution in [0.2, 0.25) is 0 Å². The van der Waals surface area contributed by atoms with E-state index >= 15 is 0 Å². The highest BCUT2D eigenvalue weighted by atomic mass is 127. The normalized spacial score (nSPS) is 11.4. The van der Waals surface area contributed by atoms with Gasteiger partial charge in [-0.3, -0.25) is 0 Å². The van der Waals surface area contributed by atoms with Crippen molar-refractivity contribution < 1.29 is 57.1 Å². The van der Waals surface area contributed by atoms with Gasteiger partial charge in [0.2, 0.25) is 0 Å². The van der Waals surface area contributed by atoms with E-state index in [1.165, 1.54) is 46.8 Å². The van der Waals surface area contributed by atoms with Crippen molar-refractivity contribution in [2.75, 3.05) is 5.32 Å². The lowest BCUT2D eigenvalue weighted by Crippen LogP contribution is -3.00. The fraction of sp³-hybridized carbons (Fsp3) is 0.444. The summed E-state index contributed by atoms with van der Waals surface area (Å²) < 4.78 is 4.58. The first kappa shape index (κ1) is 22.0. The molecule has 0 atom stereocenters. The number of fused-ring (bicyclic) bond motifs is 2. The molecule has 3 heterocycles. The van der Waals surface area contributed by atoms with E-state index in [1.807, 2.05) is 11.8 Å². The summed E-state index contributed by atoms with van der Waals surface area (Å²) in [6, 6.07) is 4.43. The molecule has 3 rings (SSSR count). The summed E-state index contributed by atoms with van der Waals surface area (Å²) in [4.78, 5) is 2.63. The molecule has 24 heavy (non-hydrogen) atoms. The molecular formula is C18H25I2N3S. The molecule has 0 aliphatic carbocycles. The molecule has 3 nitrogen and oxygen atoms in total. The number of pyridine rings is 2. The number of halogens is 2. The van der Waals surface area contributed by atoms with Gasteiger partial charge in [-0.05, 0) is 0 Å². The van der Waals surface area contributed by atoms with Crippen LogP contribution in [0.1, 0.15) is 39.5 Å². The van der Waals surface area contributed by atoms with Crippen LogP contribution < -0.4 is 62.4 Å². The third kappa shape index (κ3) is 5.45. The Morgan fingerprint density at radius 3 is 2.12 bits per heavy atom. The van der Waals surface area contributed by atoms with Crippen molar-refractivity contribution in [1.29, 1.82) is 0 Å². The number of nitrogens with zero attached hydrogens (tertiary/aromatic N) is 2. The molecular weight excluding hydrogens is 544 g/mol. The molecule has 2 aromatic rings. The number of rotatable bonds is 6. The first-order valence-corrected chi connectivity index (χ1v) is 9.13. The van der Waals surface area contributed by atoms with Gasteiger partial charge >= 0.3 is 0 Å². The zero-order valence-electron chi connectivity index (χ0n) is 14.3. The van der Waals surface area contributed by atoms with Crippen LogP contribution in [0.5, 0.6) is 0 Å². The molecule has 0 saturated heterocycles. The predicted molar refractivity (Wildman–Crippen MR) is 90.5 cm³/mol. The topological polar surface area (TPSA) is 19.8 Å². The third-order valence-corrected chi connectivity index (χ3v) is 5.11. The van der Waals surface area contributed by atoms with Crippen LogP contribution in [0.25, 0.3) is 0 Å². The van der Waals surface area contributed by atoms with Crippen molar-refractivity contribution in [3.63, 3.8) is 0 Å². The standard InChI is InChI=1S/C18H24N3S.2HI/c1-3-5-9-20-12-8-17-16(13-20)19-15-7-11-21(10-6-4-2)14-18(15)22-17;;/h7-8,11-14H,3-6,9-10H2,1-2H3;2*1H/q+1;;/p-1. The lowest BCUT2D eigenvalue weighted by Gasteiger charge is -2.18. The first-order valence-electron chi connectivity index (χ1n) is 8.31. The van der Waals surface area contributed by atoms with Crippen LogP contribution in [-0.4, -0.2) is 0 Å². The SMILES string of the molecule is CCCC[n+]1ccc2c(c1)Nc1cc[n+](CCCC)cc1S2.[I-].[I-]. The number of anilines is 2. The van der Waals surface area contributed by atoms with Crippen LogP contribution in [0.15, 0.2) is 46.7 Å². The van der Waals surface area contributed by atoms with E-state index in [1.54, 1.807) is 0 Å². The summed E-state index contributed by atoms with van der Waals surface area (Å²) in [5.74, 6) is 0. The fourth-order valence-corrected chi connectivity index (χ4v) is 3.63. The van der Waals surface area contributed by atoms with Crippen LogP contribution in [0, 0.1) is 0 Å². The van der Waals surface area contributed by atoms with Crippen molar-refractivity contribution in [2.45, 2.75) is 62.4 Å². The van der Waals surface area contributed by atoms with Gasteiger partial charge in [-0.15, -0.1) is 0 Å². The average Bonchev–Trinajstić information content (AvgIpc) is 2.56. The van der Waals surface area contributed by atoms with E-state index in [2.05, 4.69) is 65.2 Å². The summed E-state index contributed by atoms with van der Waals surface area (Å²) in [6.07, 6.45) is 13.8. The average molecular weight is 569 g/mol. The zero-order valence-corrected chi connectivity index (χ0v) is 19.4. The quantitative estimate of drug-likeness (QED) is 0.276. The molecule has 1 N–H and O–H groups in total. The van der Waals surface area contributed by atoms with Crippen molar-refractivity contribution in [3.8, 4) is 0 Å². The zero-order chi connectivity index (χ0) is 15.4. The molecule has 1 aliphatic rings. The minimum absolute atomic E-state index is 0. The second kappa shape index (κ2) is 10.8. The maximum Gasteiger partial charge on any atom is 0.193 e. The van der Waals surface area contributed by atoms with Gasteiger partial charge < -0.3 is 53.3 Å². The summed E-state index contributed by atoms with van der Waals surface area (Å²) in [5.41, 5.74) is 2.45. The Morgan fingerprint density at radius 1 is 0.833 bits per heavy atom. The van der Waals surface area contributed by atoms with Gasteiger partial charge in [0.25, 0.3) is 0 Å². The highest BCUT2D eigenvalue weighted by molar-refractivity contribution is 7.99. The lowest BCUT2D eigenvalue weighted by molar-refractivity contribution is -0.699. The Kier molecular flexibility index (Phi) is 9.88. The molecule has 0 fully saturated rings. The Bertz CT molecular complexity index is 607. The van der Waals surface area contributed by atoms with Crippen molar-refractivity contribution in [1.82, 2.24) is 0 Å². The van der Waals surface area contributed by atoms with E-state index in [0.717, 1.165) is 13.1 Å². The molecule has 0 unspecified atom stereocenters. The minimum atomic E-state index is 0. The fourth-order valence-electron chi connectivity index (χ4n) is 2.63. The Balaban J connectivity index is 0.00000144. The molecule has 0 spiro atoms. The molecule has 0 radical (unpaired) electrons. The smallest absolute Gasteiger partial charge is 0.193 e. The van der Waals surface area contributed by atoms with Crippen LogP contribution >= 0.6 is 11.8 Å². The minimum Gasteiger partial charge on any atom is -1.00 e. The molecule has 0 bridgehead atoms.